The van der Waals surface area contributed by atoms with Crippen molar-refractivity contribution in [2.45, 2.75) is 40.0 Å². The smallest absolute Gasteiger partial charge is 0.274 e. The Bertz CT molecular complexity index is 1260. The van der Waals surface area contributed by atoms with Crippen molar-refractivity contribution in [3.63, 3.8) is 0 Å². The molecule has 0 aliphatic carbocycles. The van der Waals surface area contributed by atoms with Gasteiger partial charge in [0.25, 0.3) is 5.91 Å². The number of aromatic nitrogens is 2. The van der Waals surface area contributed by atoms with Gasteiger partial charge in [-0.25, -0.2) is 0 Å². The summed E-state index contributed by atoms with van der Waals surface area (Å²) in [5.74, 6) is 1.21. The van der Waals surface area contributed by atoms with Gasteiger partial charge in [0.15, 0.2) is 5.69 Å². The fourth-order valence-corrected chi connectivity index (χ4v) is 3.83. The highest BCUT2D eigenvalue weighted by Gasteiger charge is 2.18. The van der Waals surface area contributed by atoms with Gasteiger partial charge in [-0.15, -0.1) is 0 Å². The number of benzene rings is 2. The second-order valence-electron chi connectivity index (χ2n) is 8.58. The molecule has 7 nitrogen and oxygen atoms in total. The lowest BCUT2D eigenvalue weighted by Crippen LogP contribution is -2.35. The van der Waals surface area contributed by atoms with E-state index >= 15 is 0 Å². The van der Waals surface area contributed by atoms with Crippen LogP contribution in [0.2, 0.25) is 0 Å². The number of amides is 1. The van der Waals surface area contributed by atoms with Crippen molar-refractivity contribution in [2.24, 2.45) is 0 Å². The van der Waals surface area contributed by atoms with Gasteiger partial charge in [0, 0.05) is 31.5 Å². The summed E-state index contributed by atoms with van der Waals surface area (Å²) in [4.78, 5) is 16.7. The minimum atomic E-state index is -0.264. The Morgan fingerprint density at radius 2 is 1.77 bits per heavy atom. The first kappa shape index (κ1) is 24.2. The Morgan fingerprint density at radius 3 is 2.49 bits per heavy atom. The first-order chi connectivity index (χ1) is 17.0. The largest absolute Gasteiger partial charge is 0.489 e. The average Bonchev–Trinajstić information content (AvgIpc) is 3.32. The molecule has 2 aromatic carbocycles. The summed E-state index contributed by atoms with van der Waals surface area (Å²) < 4.78 is 11.1. The number of hydrogen-bond acceptors (Lipinski definition) is 6. The molecule has 35 heavy (non-hydrogen) atoms. The summed E-state index contributed by atoms with van der Waals surface area (Å²) in [5, 5.41) is 10.4. The van der Waals surface area contributed by atoms with E-state index in [0.717, 1.165) is 28.0 Å². The number of pyridine rings is 1. The number of ether oxygens (including phenoxy) is 1. The van der Waals surface area contributed by atoms with Crippen LogP contribution in [0.1, 0.15) is 50.1 Å². The van der Waals surface area contributed by atoms with Crippen molar-refractivity contribution in [1.29, 1.82) is 0 Å². The molecular weight excluding hydrogens is 440 g/mol. The Hall–Kier alpha value is -3.97. The molecule has 4 rings (SSSR count). The molecule has 0 saturated carbocycles. The number of nitrogens with zero attached hydrogens (tertiary/aromatic N) is 2. The molecule has 2 N–H and O–H groups in total. The van der Waals surface area contributed by atoms with E-state index < -0.39 is 0 Å². The Morgan fingerprint density at radius 1 is 1.00 bits per heavy atom. The number of rotatable bonds is 10. The van der Waals surface area contributed by atoms with E-state index in [4.69, 9.17) is 9.26 Å². The van der Waals surface area contributed by atoms with Crippen LogP contribution in [0.5, 0.6) is 5.75 Å². The summed E-state index contributed by atoms with van der Waals surface area (Å²) in [6, 6.07) is 19.4. The van der Waals surface area contributed by atoms with Crippen molar-refractivity contribution in [3.8, 4) is 5.75 Å². The van der Waals surface area contributed by atoms with Crippen LogP contribution >= 0.6 is 0 Å². The number of nitrogens with one attached hydrogen (secondary N) is 2. The standard InChI is InChI=1S/C28H30N4O3/c1-19-14-27(34-18-22-9-11-29-12-10-22)20(2)13-24(19)16-30-17-26(23-7-5-4-6-8-23)31-28(33)25-15-21(3)35-32-25/h4-15,26,30H,16-18H2,1-3H3,(H,31,33). The van der Waals surface area contributed by atoms with Gasteiger partial charge in [-0.1, -0.05) is 41.6 Å². The molecule has 0 radical (unpaired) electrons. The monoisotopic (exact) mass is 470 g/mol. The maximum Gasteiger partial charge on any atom is 0.274 e. The molecule has 0 aliphatic rings. The zero-order valence-corrected chi connectivity index (χ0v) is 20.2. The third kappa shape index (κ3) is 6.55. The topological polar surface area (TPSA) is 89.3 Å². The van der Waals surface area contributed by atoms with Gasteiger partial charge >= 0.3 is 0 Å². The van der Waals surface area contributed by atoms with Crippen molar-refractivity contribution < 1.29 is 14.1 Å². The van der Waals surface area contributed by atoms with E-state index in [2.05, 4.69) is 46.8 Å². The first-order valence-corrected chi connectivity index (χ1v) is 11.6. The lowest BCUT2D eigenvalue weighted by Gasteiger charge is -2.20. The predicted molar refractivity (Wildman–Crippen MR) is 134 cm³/mol. The van der Waals surface area contributed by atoms with Gasteiger partial charge in [0.2, 0.25) is 0 Å². The highest BCUT2D eigenvalue weighted by atomic mass is 16.5. The van der Waals surface area contributed by atoms with Gasteiger partial charge in [-0.2, -0.15) is 0 Å². The molecule has 180 valence electrons. The molecule has 0 saturated heterocycles. The predicted octanol–water partition coefficient (Wildman–Crippen LogP) is 4.83. The zero-order chi connectivity index (χ0) is 24.6. The summed E-state index contributed by atoms with van der Waals surface area (Å²) in [5.41, 5.74) is 5.78. The van der Waals surface area contributed by atoms with Crippen LogP contribution in [0, 0.1) is 20.8 Å². The van der Waals surface area contributed by atoms with Gasteiger partial charge < -0.3 is 19.9 Å². The summed E-state index contributed by atoms with van der Waals surface area (Å²) in [7, 11) is 0. The minimum absolute atomic E-state index is 0.218. The van der Waals surface area contributed by atoms with Crippen LogP contribution in [-0.4, -0.2) is 22.6 Å². The van der Waals surface area contributed by atoms with Crippen molar-refractivity contribution in [1.82, 2.24) is 20.8 Å². The number of carbonyl (C=O) groups excluding carboxylic acids is 1. The van der Waals surface area contributed by atoms with Crippen LogP contribution in [0.25, 0.3) is 0 Å². The summed E-state index contributed by atoms with van der Waals surface area (Å²) in [6.07, 6.45) is 3.53. The van der Waals surface area contributed by atoms with Crippen LogP contribution in [0.4, 0.5) is 0 Å². The fourth-order valence-electron chi connectivity index (χ4n) is 3.83. The molecule has 7 heteroatoms. The SMILES string of the molecule is Cc1cc(C(=O)NC(CNCc2cc(C)c(OCc3ccncc3)cc2C)c2ccccc2)no1. The molecule has 4 aromatic rings. The third-order valence-electron chi connectivity index (χ3n) is 5.81. The van der Waals surface area contributed by atoms with Gasteiger partial charge in [0.05, 0.1) is 6.04 Å². The normalized spacial score (nSPS) is 11.7. The summed E-state index contributed by atoms with van der Waals surface area (Å²) >= 11 is 0. The number of carbonyl (C=O) groups is 1. The van der Waals surface area contributed by atoms with E-state index in [9.17, 15) is 4.79 Å². The average molecular weight is 471 g/mol. The maximum absolute atomic E-state index is 12.7. The van der Waals surface area contributed by atoms with Crippen molar-refractivity contribution in [2.75, 3.05) is 6.54 Å². The number of aryl methyl sites for hydroxylation is 3. The highest BCUT2D eigenvalue weighted by molar-refractivity contribution is 5.92. The van der Waals surface area contributed by atoms with Gasteiger partial charge in [0.1, 0.15) is 18.1 Å². The van der Waals surface area contributed by atoms with E-state index in [1.165, 1.54) is 5.56 Å². The van der Waals surface area contributed by atoms with Gasteiger partial charge in [-0.3, -0.25) is 9.78 Å². The van der Waals surface area contributed by atoms with Crippen LogP contribution in [-0.2, 0) is 13.2 Å². The molecule has 0 aliphatic heterocycles. The quantitative estimate of drug-likeness (QED) is 0.345. The summed E-state index contributed by atoms with van der Waals surface area (Å²) in [6.45, 7) is 7.63. The van der Waals surface area contributed by atoms with E-state index in [-0.39, 0.29) is 17.6 Å². The molecule has 1 amide bonds. The second kappa shape index (κ2) is 11.4. The van der Waals surface area contributed by atoms with E-state index in [1.54, 1.807) is 25.4 Å². The minimum Gasteiger partial charge on any atom is -0.489 e. The molecule has 1 unspecified atom stereocenters. The molecule has 2 aromatic heterocycles. The fraction of sp³-hybridized carbons (Fsp3) is 0.250. The maximum atomic E-state index is 12.7. The molecule has 1 atom stereocenters. The van der Waals surface area contributed by atoms with E-state index in [1.807, 2.05) is 42.5 Å². The zero-order valence-electron chi connectivity index (χ0n) is 20.2. The Kier molecular flexibility index (Phi) is 7.90. The van der Waals surface area contributed by atoms with Gasteiger partial charge in [-0.05, 0) is 66.8 Å². The molecule has 0 spiro atoms. The Labute approximate surface area is 205 Å². The van der Waals surface area contributed by atoms with Crippen molar-refractivity contribution in [3.05, 3.63) is 112 Å². The van der Waals surface area contributed by atoms with Crippen LogP contribution < -0.4 is 15.4 Å². The van der Waals surface area contributed by atoms with Crippen molar-refractivity contribution >= 4 is 5.91 Å². The molecule has 0 fully saturated rings. The second-order valence-corrected chi connectivity index (χ2v) is 8.58. The number of hydrogen-bond donors (Lipinski definition) is 2. The highest BCUT2D eigenvalue weighted by Crippen LogP contribution is 2.24. The van der Waals surface area contributed by atoms with E-state index in [0.29, 0.717) is 25.5 Å². The lowest BCUT2D eigenvalue weighted by molar-refractivity contribution is 0.0927. The molecule has 2 heterocycles. The van der Waals surface area contributed by atoms with Crippen LogP contribution in [0.15, 0.2) is 77.6 Å². The molecular formula is C28H30N4O3. The van der Waals surface area contributed by atoms with Crippen LogP contribution in [0.3, 0.4) is 0 Å². The Balaban J connectivity index is 1.39. The molecule has 0 bridgehead atoms. The lowest BCUT2D eigenvalue weighted by atomic mass is 10.0. The third-order valence-corrected chi connectivity index (χ3v) is 5.81. The first-order valence-electron chi connectivity index (χ1n) is 11.6.